The molecule has 548 valence electrons. The molecule has 3 N–H and O–H groups in total. The Bertz CT molecular complexity index is 3500. The molecule has 0 bridgehead atoms. The smallest absolute Gasteiger partial charge is 0.306 e. The molecule has 2 atom stereocenters. The maximum absolute atomic E-state index is 13.6. The van der Waals surface area contributed by atoms with E-state index in [0.29, 0.717) is 93.6 Å². The molecule has 6 aromatic rings. The van der Waals surface area contributed by atoms with Crippen LogP contribution in [0.5, 0.6) is 0 Å². The number of rotatable bonds is 39. The highest BCUT2D eigenvalue weighted by Gasteiger charge is 2.31. The Kier molecular flexibility index (Phi) is 34.5. The molecule has 99 heavy (non-hydrogen) atoms. The molecule has 0 spiro atoms. The zero-order valence-electron chi connectivity index (χ0n) is 59.6. The molecule has 2 saturated heterocycles. The number of piperidine rings is 2. The minimum absolute atomic E-state index is 0.00233. The summed E-state index contributed by atoms with van der Waals surface area (Å²) in [5, 5.41) is 37.7. The lowest BCUT2D eigenvalue weighted by atomic mass is 9.91. The third-order valence-corrected chi connectivity index (χ3v) is 21.1. The van der Waals surface area contributed by atoms with Gasteiger partial charge in [0.1, 0.15) is 23.6 Å². The SMILES string of the molecule is Cc1nc2n(c(=O)c1CCN1CCC(c3noc4cc(F)ccc34)CC1)CCCC2O.Cc1nc2n(c(=O)c1CCN1CCC(c3noc4cc(F)ccc34)CC1)CCCC2OC(=O)CCCCCCCCCCCCCCCO.O=C(Cl)CCCCCCCCCCCCCCCO. The van der Waals surface area contributed by atoms with Gasteiger partial charge in [0.05, 0.1) is 11.4 Å². The highest BCUT2D eigenvalue weighted by Crippen LogP contribution is 2.35. The highest BCUT2D eigenvalue weighted by atomic mass is 35.5. The van der Waals surface area contributed by atoms with Crippen molar-refractivity contribution >= 4 is 44.8 Å². The summed E-state index contributed by atoms with van der Waals surface area (Å²) in [4.78, 5) is 64.0. The summed E-state index contributed by atoms with van der Waals surface area (Å²) in [6.45, 7) is 10.9. The first-order valence-electron chi connectivity index (χ1n) is 38.2. The van der Waals surface area contributed by atoms with Gasteiger partial charge in [0.2, 0.25) is 5.24 Å². The van der Waals surface area contributed by atoms with Crippen LogP contribution in [0.25, 0.3) is 21.9 Å². The Morgan fingerprint density at radius 3 is 1.30 bits per heavy atom. The lowest BCUT2D eigenvalue weighted by Crippen LogP contribution is -2.38. The Morgan fingerprint density at radius 2 is 0.889 bits per heavy atom. The van der Waals surface area contributed by atoms with Gasteiger partial charge in [0, 0.05) is 109 Å². The van der Waals surface area contributed by atoms with Crippen molar-refractivity contribution in [2.75, 3.05) is 52.5 Å². The van der Waals surface area contributed by atoms with Crippen molar-refractivity contribution in [2.24, 2.45) is 0 Å². The van der Waals surface area contributed by atoms with Gasteiger partial charge in [-0.15, -0.1) is 0 Å². The van der Waals surface area contributed by atoms with Crippen molar-refractivity contribution in [3.05, 3.63) is 114 Å². The number of ether oxygens (including phenoxy) is 1. The molecule has 2 fully saturated rings. The Morgan fingerprint density at radius 1 is 0.515 bits per heavy atom. The van der Waals surface area contributed by atoms with Crippen molar-refractivity contribution in [1.82, 2.24) is 39.2 Å². The van der Waals surface area contributed by atoms with Crippen molar-refractivity contribution in [3.63, 3.8) is 0 Å². The minimum atomic E-state index is -0.641. The van der Waals surface area contributed by atoms with Crippen LogP contribution in [0.3, 0.4) is 0 Å². The van der Waals surface area contributed by atoms with E-state index in [1.54, 1.807) is 21.3 Å². The molecule has 4 aromatic heterocycles. The van der Waals surface area contributed by atoms with Gasteiger partial charge in [0.25, 0.3) is 11.1 Å². The van der Waals surface area contributed by atoms with Gasteiger partial charge < -0.3 is 38.9 Å². The Balaban J connectivity index is 0.000000212. The van der Waals surface area contributed by atoms with Crippen LogP contribution in [0.15, 0.2) is 55.0 Å². The monoisotopic (exact) mass is 1400 g/mol. The van der Waals surface area contributed by atoms with E-state index in [2.05, 4.69) is 25.1 Å². The molecule has 0 aliphatic carbocycles. The van der Waals surface area contributed by atoms with Gasteiger partial charge in [0.15, 0.2) is 23.1 Å². The second-order valence-corrected chi connectivity index (χ2v) is 28.8. The molecule has 2 unspecified atom stereocenters. The van der Waals surface area contributed by atoms with Gasteiger partial charge >= 0.3 is 5.97 Å². The number of aromatic nitrogens is 6. The van der Waals surface area contributed by atoms with E-state index in [0.717, 1.165) is 174 Å². The summed E-state index contributed by atoms with van der Waals surface area (Å²) in [7, 11) is 0. The van der Waals surface area contributed by atoms with Crippen molar-refractivity contribution < 1.29 is 47.5 Å². The number of hydrogen-bond acceptors (Lipinski definition) is 16. The Hall–Kier alpha value is -5.77. The molecule has 8 heterocycles. The first kappa shape index (κ1) is 78.9. The van der Waals surface area contributed by atoms with Gasteiger partial charge in [-0.3, -0.25) is 28.3 Å². The summed E-state index contributed by atoms with van der Waals surface area (Å²) in [6, 6.07) is 9.18. The second kappa shape index (κ2) is 43.2. The first-order chi connectivity index (χ1) is 48.2. The number of carbonyl (C=O) groups is 2. The van der Waals surface area contributed by atoms with E-state index in [-0.39, 0.29) is 39.9 Å². The molecule has 0 amide bonds. The van der Waals surface area contributed by atoms with Crippen molar-refractivity contribution in [2.45, 2.75) is 295 Å². The fourth-order valence-electron chi connectivity index (χ4n) is 14.9. The summed E-state index contributed by atoms with van der Waals surface area (Å²) >= 11 is 5.28. The number of likely N-dealkylation sites (tertiary alicyclic amines) is 2. The largest absolute Gasteiger partial charge is 0.454 e. The van der Waals surface area contributed by atoms with E-state index in [4.69, 9.17) is 40.6 Å². The zero-order chi connectivity index (χ0) is 70.1. The van der Waals surface area contributed by atoms with Gasteiger partial charge in [-0.2, -0.15) is 0 Å². The average molecular weight is 1400 g/mol. The van der Waals surface area contributed by atoms with Crippen LogP contribution in [0, 0.1) is 25.5 Å². The summed E-state index contributed by atoms with van der Waals surface area (Å²) in [5.41, 5.74) is 5.77. The van der Waals surface area contributed by atoms with Crippen LogP contribution < -0.4 is 11.1 Å². The molecule has 4 aliphatic rings. The summed E-state index contributed by atoms with van der Waals surface area (Å²) in [5.74, 6) is 0.836. The lowest BCUT2D eigenvalue weighted by molar-refractivity contribution is -0.151. The number of carbonyl (C=O) groups excluding carboxylic acids is 2. The molecular formula is C78H115ClF2N8O10. The van der Waals surface area contributed by atoms with Crippen LogP contribution >= 0.6 is 11.6 Å². The van der Waals surface area contributed by atoms with Crippen LogP contribution in [0.1, 0.15) is 301 Å². The van der Waals surface area contributed by atoms with Gasteiger partial charge in [-0.05, 0) is 166 Å². The van der Waals surface area contributed by atoms with Crippen molar-refractivity contribution in [1.29, 1.82) is 0 Å². The normalized spacial score (nSPS) is 16.9. The van der Waals surface area contributed by atoms with Crippen molar-refractivity contribution in [3.8, 4) is 0 Å². The molecule has 0 saturated carbocycles. The fourth-order valence-corrected chi connectivity index (χ4v) is 15.0. The predicted molar refractivity (Wildman–Crippen MR) is 385 cm³/mol. The molecule has 0 radical (unpaired) electrons. The van der Waals surface area contributed by atoms with E-state index < -0.39 is 12.2 Å². The molecule has 10 rings (SSSR count). The summed E-state index contributed by atoms with van der Waals surface area (Å²) in [6.07, 6.45) is 39.3. The van der Waals surface area contributed by atoms with Crippen LogP contribution in [0.4, 0.5) is 8.78 Å². The quantitative estimate of drug-likeness (QED) is 0.0185. The zero-order valence-corrected chi connectivity index (χ0v) is 60.4. The third kappa shape index (κ3) is 25.3. The Labute approximate surface area is 590 Å². The fraction of sp³-hybridized carbons (Fsp3) is 0.692. The van der Waals surface area contributed by atoms with E-state index in [1.807, 2.05) is 13.8 Å². The number of halogens is 3. The third-order valence-electron chi connectivity index (χ3n) is 20.9. The van der Waals surface area contributed by atoms with Crippen LogP contribution in [0.2, 0.25) is 0 Å². The average Bonchev–Trinajstić information content (AvgIpc) is 1.76. The number of fused-ring (bicyclic) bond motifs is 4. The van der Waals surface area contributed by atoms with E-state index in [1.165, 1.54) is 140 Å². The molecule has 21 heteroatoms. The van der Waals surface area contributed by atoms with E-state index >= 15 is 0 Å². The first-order valence-corrected chi connectivity index (χ1v) is 38.6. The standard InChI is InChI=1S/C39H57FN4O5.C23H27FN4O3.C16H31ClO2/c1-29-32(22-26-43-24-20-30(21-25-43)37-33-19-18-31(40)28-35(33)49-42-37)39(47)44-23-15-16-34(38(44)41-29)48-36(46)17-13-11-9-7-5-3-2-4-6-8-10-12-14-27-45;1-14-17(23(30)28-9-2-3-19(29)22(28)25-14)8-12-27-10-6-15(7-11-27)21-18-5-4-16(24)13-20(18)31-26-21;17-16(19)14-12-10-8-6-4-2-1-3-5-7-9-11-13-15-18/h18-19,28,30,34,45H,2-17,20-27H2,1H3;4-5,13,15,19,29H,2-3,6-12H2,1H3;18H,1-15H2. The lowest BCUT2D eigenvalue weighted by Gasteiger charge is -2.31. The number of nitrogens with zero attached hydrogens (tertiary/aromatic N) is 8. The number of esters is 1. The van der Waals surface area contributed by atoms with Crippen LogP contribution in [-0.2, 0) is 40.3 Å². The summed E-state index contributed by atoms with van der Waals surface area (Å²) < 4.78 is 47.0. The number of aliphatic hydroxyl groups is 3. The van der Waals surface area contributed by atoms with E-state index in [9.17, 15) is 33.1 Å². The maximum atomic E-state index is 13.6. The van der Waals surface area contributed by atoms with Crippen LogP contribution in [-0.4, -0.2) is 118 Å². The van der Waals surface area contributed by atoms with Gasteiger partial charge in [-0.25, -0.2) is 18.7 Å². The minimum Gasteiger partial charge on any atom is -0.454 e. The molecule has 18 nitrogen and oxygen atoms in total. The number of aryl methyl sites for hydroxylation is 2. The predicted octanol–water partition coefficient (Wildman–Crippen LogP) is 16.4. The second-order valence-electron chi connectivity index (χ2n) is 28.4. The number of unbranched alkanes of at least 4 members (excludes halogenated alkanes) is 24. The molecule has 2 aromatic carbocycles. The number of aliphatic hydroxyl groups excluding tert-OH is 3. The number of hydrogen-bond donors (Lipinski definition) is 3. The molecular weight excluding hydrogens is 1280 g/mol. The highest BCUT2D eigenvalue weighted by molar-refractivity contribution is 6.63. The maximum Gasteiger partial charge on any atom is 0.306 e. The number of benzene rings is 2. The molecule has 4 aliphatic heterocycles. The van der Waals surface area contributed by atoms with Gasteiger partial charge in [-0.1, -0.05) is 152 Å². The topological polar surface area (TPSA) is 232 Å².